The van der Waals surface area contributed by atoms with Crippen LogP contribution in [0.25, 0.3) is 0 Å². The Hall–Kier alpha value is -0.610. The van der Waals surface area contributed by atoms with Gasteiger partial charge in [-0.1, -0.05) is 0 Å². The third-order valence-electron chi connectivity index (χ3n) is 1.84. The van der Waals surface area contributed by atoms with Crippen molar-refractivity contribution < 1.29 is 9.90 Å². The fraction of sp³-hybridized carbons (Fsp3) is 0.857. The van der Waals surface area contributed by atoms with Crippen LogP contribution in [0.4, 0.5) is 0 Å². The van der Waals surface area contributed by atoms with Gasteiger partial charge in [0.05, 0.1) is 12.5 Å². The van der Waals surface area contributed by atoms with E-state index in [9.17, 15) is 4.79 Å². The number of carbonyl (C=O) groups excluding carboxylic acids is 1. The van der Waals surface area contributed by atoms with E-state index in [-0.39, 0.29) is 18.4 Å². The average molecular weight is 158 g/mol. The molecule has 4 nitrogen and oxygen atoms in total. The monoisotopic (exact) mass is 158 g/mol. The summed E-state index contributed by atoms with van der Waals surface area (Å²) in [6, 6.07) is 0. The molecule has 0 aromatic rings. The first-order chi connectivity index (χ1) is 5.34. The number of nitrogens with one attached hydrogen (secondary N) is 2. The van der Waals surface area contributed by atoms with Crippen LogP contribution in [0.2, 0.25) is 0 Å². The standard InChI is InChI=1S/C7H14N2O2/c10-4-3-9-7(11)6-1-2-8-5-6/h6,8,10H,1-5H2,(H,9,11). The molecule has 1 unspecified atom stereocenters. The molecule has 0 aromatic carbocycles. The zero-order chi connectivity index (χ0) is 8.10. The molecule has 11 heavy (non-hydrogen) atoms. The first kappa shape index (κ1) is 8.49. The number of amides is 1. The van der Waals surface area contributed by atoms with Gasteiger partial charge in [-0.15, -0.1) is 0 Å². The summed E-state index contributed by atoms with van der Waals surface area (Å²) in [5.74, 6) is 0.172. The van der Waals surface area contributed by atoms with Gasteiger partial charge in [0.15, 0.2) is 0 Å². The third-order valence-corrected chi connectivity index (χ3v) is 1.84. The van der Waals surface area contributed by atoms with Crippen LogP contribution >= 0.6 is 0 Å². The molecular formula is C7H14N2O2. The molecule has 1 amide bonds. The summed E-state index contributed by atoms with van der Waals surface area (Å²) in [7, 11) is 0. The predicted octanol–water partition coefficient (Wildman–Crippen LogP) is -1.30. The van der Waals surface area contributed by atoms with Gasteiger partial charge in [0.25, 0.3) is 0 Å². The minimum absolute atomic E-state index is 0.0197. The minimum atomic E-state index is 0.0197. The lowest BCUT2D eigenvalue weighted by Gasteiger charge is -2.07. The van der Waals surface area contributed by atoms with Gasteiger partial charge in [-0.3, -0.25) is 4.79 Å². The lowest BCUT2D eigenvalue weighted by molar-refractivity contribution is -0.124. The number of rotatable bonds is 3. The van der Waals surface area contributed by atoms with Crippen molar-refractivity contribution in [3.8, 4) is 0 Å². The summed E-state index contributed by atoms with van der Waals surface area (Å²) in [6.45, 7) is 2.09. The van der Waals surface area contributed by atoms with Crippen LogP contribution in [0.15, 0.2) is 0 Å². The smallest absolute Gasteiger partial charge is 0.224 e. The second-order valence-electron chi connectivity index (χ2n) is 2.70. The quantitative estimate of drug-likeness (QED) is 0.478. The molecule has 0 bridgehead atoms. The topological polar surface area (TPSA) is 61.4 Å². The molecule has 0 spiro atoms. The summed E-state index contributed by atoms with van der Waals surface area (Å²) < 4.78 is 0. The van der Waals surface area contributed by atoms with Gasteiger partial charge in [-0.05, 0) is 13.0 Å². The fourth-order valence-electron chi connectivity index (χ4n) is 1.20. The molecule has 1 aliphatic rings. The molecule has 3 N–H and O–H groups in total. The Morgan fingerprint density at radius 3 is 3.09 bits per heavy atom. The van der Waals surface area contributed by atoms with Gasteiger partial charge >= 0.3 is 0 Å². The van der Waals surface area contributed by atoms with Gasteiger partial charge in [-0.2, -0.15) is 0 Å². The van der Waals surface area contributed by atoms with Gasteiger partial charge in [-0.25, -0.2) is 0 Å². The van der Waals surface area contributed by atoms with Crippen molar-refractivity contribution in [2.45, 2.75) is 6.42 Å². The number of hydrogen-bond donors (Lipinski definition) is 3. The summed E-state index contributed by atoms with van der Waals surface area (Å²) in [6.07, 6.45) is 0.914. The van der Waals surface area contributed by atoms with E-state index in [0.717, 1.165) is 19.5 Å². The molecule has 1 saturated heterocycles. The van der Waals surface area contributed by atoms with E-state index in [1.54, 1.807) is 0 Å². The van der Waals surface area contributed by atoms with Crippen molar-refractivity contribution in [3.63, 3.8) is 0 Å². The van der Waals surface area contributed by atoms with Crippen molar-refractivity contribution in [2.75, 3.05) is 26.2 Å². The van der Waals surface area contributed by atoms with Crippen LogP contribution in [-0.2, 0) is 4.79 Å². The molecule has 1 atom stereocenters. The van der Waals surface area contributed by atoms with Crippen molar-refractivity contribution in [1.82, 2.24) is 10.6 Å². The van der Waals surface area contributed by atoms with Crippen LogP contribution in [0.1, 0.15) is 6.42 Å². The average Bonchev–Trinajstić information content (AvgIpc) is 2.52. The van der Waals surface area contributed by atoms with Crippen molar-refractivity contribution >= 4 is 5.91 Å². The Kier molecular flexibility index (Phi) is 3.32. The predicted molar refractivity (Wildman–Crippen MR) is 41.1 cm³/mol. The summed E-state index contributed by atoms with van der Waals surface area (Å²) in [5, 5.41) is 14.2. The van der Waals surface area contributed by atoms with Crippen molar-refractivity contribution in [2.24, 2.45) is 5.92 Å². The lowest BCUT2D eigenvalue weighted by Crippen LogP contribution is -2.33. The lowest BCUT2D eigenvalue weighted by atomic mass is 10.1. The largest absolute Gasteiger partial charge is 0.395 e. The molecule has 0 radical (unpaired) electrons. The highest BCUT2D eigenvalue weighted by Crippen LogP contribution is 2.06. The van der Waals surface area contributed by atoms with Gasteiger partial charge in [0.1, 0.15) is 0 Å². The van der Waals surface area contributed by atoms with Crippen LogP contribution in [0.5, 0.6) is 0 Å². The van der Waals surface area contributed by atoms with Gasteiger partial charge in [0, 0.05) is 13.1 Å². The summed E-state index contributed by atoms with van der Waals surface area (Å²) in [5.41, 5.74) is 0. The first-order valence-corrected chi connectivity index (χ1v) is 3.94. The first-order valence-electron chi connectivity index (χ1n) is 3.94. The zero-order valence-corrected chi connectivity index (χ0v) is 6.47. The number of carbonyl (C=O) groups is 1. The van der Waals surface area contributed by atoms with Gasteiger partial charge < -0.3 is 15.7 Å². The fourth-order valence-corrected chi connectivity index (χ4v) is 1.20. The van der Waals surface area contributed by atoms with E-state index in [1.807, 2.05) is 0 Å². The van der Waals surface area contributed by atoms with E-state index in [4.69, 9.17) is 5.11 Å². The zero-order valence-electron chi connectivity index (χ0n) is 6.47. The summed E-state index contributed by atoms with van der Waals surface area (Å²) in [4.78, 5) is 11.1. The maximum absolute atomic E-state index is 11.1. The molecular weight excluding hydrogens is 144 g/mol. The van der Waals surface area contributed by atoms with Crippen LogP contribution in [0.3, 0.4) is 0 Å². The van der Waals surface area contributed by atoms with Crippen LogP contribution in [0, 0.1) is 5.92 Å². The molecule has 0 aromatic heterocycles. The highest BCUT2D eigenvalue weighted by Gasteiger charge is 2.21. The van der Waals surface area contributed by atoms with E-state index >= 15 is 0 Å². The van der Waals surface area contributed by atoms with Crippen molar-refractivity contribution in [3.05, 3.63) is 0 Å². The Labute approximate surface area is 66.0 Å². The highest BCUT2D eigenvalue weighted by molar-refractivity contribution is 5.79. The SMILES string of the molecule is O=C(NCCO)C1CCNC1. The molecule has 0 aliphatic carbocycles. The molecule has 1 fully saturated rings. The summed E-state index contributed by atoms with van der Waals surface area (Å²) >= 11 is 0. The molecule has 1 rings (SSSR count). The maximum atomic E-state index is 11.1. The Morgan fingerprint density at radius 1 is 1.73 bits per heavy atom. The number of aliphatic hydroxyl groups is 1. The maximum Gasteiger partial charge on any atom is 0.224 e. The van der Waals surface area contributed by atoms with E-state index < -0.39 is 0 Å². The number of hydrogen-bond acceptors (Lipinski definition) is 3. The second kappa shape index (κ2) is 4.31. The Bertz CT molecular complexity index is 132. The Morgan fingerprint density at radius 2 is 2.55 bits per heavy atom. The van der Waals surface area contributed by atoms with Crippen molar-refractivity contribution in [1.29, 1.82) is 0 Å². The molecule has 1 heterocycles. The molecule has 64 valence electrons. The molecule has 4 heteroatoms. The molecule has 0 saturated carbocycles. The second-order valence-corrected chi connectivity index (χ2v) is 2.70. The number of aliphatic hydroxyl groups excluding tert-OH is 1. The Balaban J connectivity index is 2.17. The minimum Gasteiger partial charge on any atom is -0.395 e. The van der Waals surface area contributed by atoms with E-state index in [0.29, 0.717) is 6.54 Å². The van der Waals surface area contributed by atoms with Gasteiger partial charge in [0.2, 0.25) is 5.91 Å². The highest BCUT2D eigenvalue weighted by atomic mass is 16.3. The van der Waals surface area contributed by atoms with Crippen LogP contribution < -0.4 is 10.6 Å². The van der Waals surface area contributed by atoms with Crippen LogP contribution in [-0.4, -0.2) is 37.3 Å². The van der Waals surface area contributed by atoms with E-state index in [1.165, 1.54) is 0 Å². The normalized spacial score (nSPS) is 23.5. The van der Waals surface area contributed by atoms with E-state index in [2.05, 4.69) is 10.6 Å². The third kappa shape index (κ3) is 2.48. The molecule has 1 aliphatic heterocycles.